The van der Waals surface area contributed by atoms with Crippen LogP contribution in [0.4, 0.5) is 0 Å². The van der Waals surface area contributed by atoms with E-state index in [9.17, 15) is 14.4 Å². The Labute approximate surface area is 123 Å². The van der Waals surface area contributed by atoms with Gasteiger partial charge in [-0.3, -0.25) is 14.5 Å². The topological polar surface area (TPSA) is 99.2 Å². The Hall–Kier alpha value is -1.67. The summed E-state index contributed by atoms with van der Waals surface area (Å²) in [6, 6.07) is 0.275. The van der Waals surface area contributed by atoms with Crippen molar-refractivity contribution in [2.45, 2.75) is 25.0 Å². The van der Waals surface area contributed by atoms with Crippen LogP contribution in [-0.4, -0.2) is 84.7 Å². The lowest BCUT2D eigenvalue weighted by Gasteiger charge is -2.31. The van der Waals surface area contributed by atoms with Gasteiger partial charge in [0.15, 0.2) is 6.10 Å². The number of hydrogen-bond acceptors (Lipinski definition) is 5. The molecule has 1 saturated carbocycles. The van der Waals surface area contributed by atoms with Crippen molar-refractivity contribution >= 4 is 17.8 Å². The van der Waals surface area contributed by atoms with Crippen molar-refractivity contribution in [1.82, 2.24) is 15.1 Å². The fraction of sp³-hybridized carbons (Fsp3) is 0.769. The second-order valence-electron chi connectivity index (χ2n) is 5.52. The molecule has 1 saturated heterocycles. The molecular formula is C13H21N3O5. The molecule has 0 spiro atoms. The quantitative estimate of drug-likeness (QED) is 0.620. The number of hydrogen-bond donors (Lipinski definition) is 2. The van der Waals surface area contributed by atoms with Gasteiger partial charge in [0.1, 0.15) is 0 Å². The minimum atomic E-state index is -1.02. The molecule has 8 heteroatoms. The number of rotatable bonds is 6. The third-order valence-corrected chi connectivity index (χ3v) is 3.53. The van der Waals surface area contributed by atoms with E-state index < -0.39 is 12.1 Å². The van der Waals surface area contributed by atoms with Gasteiger partial charge in [0.25, 0.3) is 0 Å². The maximum absolute atomic E-state index is 12.0. The standard InChI is InChI=1S/C13H21N3O5/c1-15(7-11(17)14-9-2-3-9)12(18)8-16-4-5-21-10(6-16)13(19)20/h9-10H,2-8H2,1H3,(H,14,17)(H,19,20). The van der Waals surface area contributed by atoms with E-state index in [0.29, 0.717) is 6.54 Å². The maximum Gasteiger partial charge on any atom is 0.334 e. The lowest BCUT2D eigenvalue weighted by Crippen LogP contribution is -2.50. The van der Waals surface area contributed by atoms with Gasteiger partial charge >= 0.3 is 5.97 Å². The molecule has 1 atom stereocenters. The average molecular weight is 299 g/mol. The van der Waals surface area contributed by atoms with Crippen molar-refractivity contribution in [3.05, 3.63) is 0 Å². The van der Waals surface area contributed by atoms with Gasteiger partial charge in [-0.25, -0.2) is 4.79 Å². The first-order chi connectivity index (χ1) is 9.95. The number of nitrogens with zero attached hydrogens (tertiary/aromatic N) is 2. The third-order valence-electron chi connectivity index (χ3n) is 3.53. The molecule has 2 aliphatic rings. The molecule has 1 heterocycles. The van der Waals surface area contributed by atoms with E-state index in [-0.39, 0.29) is 44.1 Å². The van der Waals surface area contributed by atoms with Crippen LogP contribution < -0.4 is 5.32 Å². The summed E-state index contributed by atoms with van der Waals surface area (Å²) in [6.45, 7) is 1.11. The molecule has 1 aliphatic heterocycles. The minimum Gasteiger partial charge on any atom is -0.479 e. The van der Waals surface area contributed by atoms with E-state index in [1.165, 1.54) is 4.90 Å². The van der Waals surface area contributed by atoms with E-state index in [1.54, 1.807) is 11.9 Å². The number of carbonyl (C=O) groups is 3. The number of carboxylic acids is 1. The van der Waals surface area contributed by atoms with Gasteiger partial charge in [0.2, 0.25) is 11.8 Å². The Kier molecular flexibility index (Phi) is 5.13. The molecule has 2 rings (SSSR count). The Morgan fingerprint density at radius 2 is 2.10 bits per heavy atom. The highest BCUT2D eigenvalue weighted by Crippen LogP contribution is 2.18. The number of nitrogens with one attached hydrogen (secondary N) is 1. The molecule has 1 aliphatic carbocycles. The van der Waals surface area contributed by atoms with Crippen LogP contribution in [0.1, 0.15) is 12.8 Å². The van der Waals surface area contributed by atoms with Gasteiger partial charge in [-0.15, -0.1) is 0 Å². The summed E-state index contributed by atoms with van der Waals surface area (Å²) in [5.41, 5.74) is 0. The number of ether oxygens (including phenoxy) is 1. The SMILES string of the molecule is CN(CC(=O)NC1CC1)C(=O)CN1CCOC(C(=O)O)C1. The molecule has 2 N–H and O–H groups in total. The van der Waals surface area contributed by atoms with E-state index in [4.69, 9.17) is 9.84 Å². The van der Waals surface area contributed by atoms with E-state index in [0.717, 1.165) is 12.8 Å². The van der Waals surface area contributed by atoms with E-state index in [1.807, 2.05) is 0 Å². The average Bonchev–Trinajstić information content (AvgIpc) is 3.22. The Morgan fingerprint density at radius 3 is 2.71 bits per heavy atom. The summed E-state index contributed by atoms with van der Waals surface area (Å²) in [5.74, 6) is -1.38. The predicted molar refractivity (Wildman–Crippen MR) is 72.6 cm³/mol. The summed E-state index contributed by atoms with van der Waals surface area (Å²) < 4.78 is 5.10. The maximum atomic E-state index is 12.0. The van der Waals surface area contributed by atoms with Crippen molar-refractivity contribution in [1.29, 1.82) is 0 Å². The number of carboxylic acid groups (broad SMARTS) is 1. The zero-order valence-corrected chi connectivity index (χ0v) is 12.1. The number of carbonyl (C=O) groups excluding carboxylic acids is 2. The van der Waals surface area contributed by atoms with Crippen LogP contribution in [0.15, 0.2) is 0 Å². The molecule has 21 heavy (non-hydrogen) atoms. The van der Waals surface area contributed by atoms with Crippen molar-refractivity contribution in [2.75, 3.05) is 39.8 Å². The molecule has 2 fully saturated rings. The highest BCUT2D eigenvalue weighted by Gasteiger charge is 2.28. The third kappa shape index (κ3) is 4.98. The Bertz CT molecular complexity index is 424. The molecule has 118 valence electrons. The van der Waals surface area contributed by atoms with Gasteiger partial charge in [-0.1, -0.05) is 0 Å². The summed E-state index contributed by atoms with van der Waals surface area (Å²) in [7, 11) is 1.57. The van der Waals surface area contributed by atoms with Crippen LogP contribution in [-0.2, 0) is 19.1 Å². The van der Waals surface area contributed by atoms with Crippen LogP contribution in [0.5, 0.6) is 0 Å². The molecular weight excluding hydrogens is 278 g/mol. The van der Waals surface area contributed by atoms with E-state index >= 15 is 0 Å². The first kappa shape index (κ1) is 15.7. The summed E-state index contributed by atoms with van der Waals surface area (Å²) in [5, 5.41) is 11.7. The van der Waals surface area contributed by atoms with Gasteiger partial charge < -0.3 is 20.1 Å². The molecule has 0 radical (unpaired) electrons. The largest absolute Gasteiger partial charge is 0.479 e. The van der Waals surface area contributed by atoms with Gasteiger partial charge in [0, 0.05) is 26.2 Å². The van der Waals surface area contributed by atoms with E-state index in [2.05, 4.69) is 5.32 Å². The number of amides is 2. The van der Waals surface area contributed by atoms with Crippen molar-refractivity contribution in [2.24, 2.45) is 0 Å². The van der Waals surface area contributed by atoms with Gasteiger partial charge in [-0.2, -0.15) is 0 Å². The fourth-order valence-corrected chi connectivity index (χ4v) is 2.11. The minimum absolute atomic E-state index is 0.0298. The summed E-state index contributed by atoms with van der Waals surface area (Å²) >= 11 is 0. The predicted octanol–water partition coefficient (Wildman–Crippen LogP) is -1.49. The first-order valence-electron chi connectivity index (χ1n) is 7.06. The fourth-order valence-electron chi connectivity index (χ4n) is 2.11. The first-order valence-corrected chi connectivity index (χ1v) is 7.06. The van der Waals surface area contributed by atoms with Crippen LogP contribution in [0, 0.1) is 0 Å². The van der Waals surface area contributed by atoms with Crippen molar-refractivity contribution in [3.63, 3.8) is 0 Å². The monoisotopic (exact) mass is 299 g/mol. The Morgan fingerprint density at radius 1 is 1.38 bits per heavy atom. The number of aliphatic carboxylic acids is 1. The zero-order chi connectivity index (χ0) is 15.4. The van der Waals surface area contributed by atoms with Crippen LogP contribution in [0.3, 0.4) is 0 Å². The smallest absolute Gasteiger partial charge is 0.334 e. The van der Waals surface area contributed by atoms with Crippen LogP contribution in [0.2, 0.25) is 0 Å². The summed E-state index contributed by atoms with van der Waals surface area (Å²) in [4.78, 5) is 37.6. The Balaban J connectivity index is 1.74. The van der Waals surface area contributed by atoms with Gasteiger partial charge in [-0.05, 0) is 12.8 Å². The molecule has 2 amide bonds. The normalized spacial score (nSPS) is 22.6. The molecule has 0 aromatic carbocycles. The molecule has 0 bridgehead atoms. The lowest BCUT2D eigenvalue weighted by atomic mass is 10.2. The highest BCUT2D eigenvalue weighted by atomic mass is 16.5. The molecule has 0 aromatic heterocycles. The summed E-state index contributed by atoms with van der Waals surface area (Å²) in [6.07, 6.45) is 1.12. The zero-order valence-electron chi connectivity index (χ0n) is 12.1. The molecule has 0 aromatic rings. The molecule has 1 unspecified atom stereocenters. The lowest BCUT2D eigenvalue weighted by molar-refractivity contribution is -0.157. The number of likely N-dealkylation sites (N-methyl/N-ethyl adjacent to an activating group) is 1. The number of morpholine rings is 1. The highest BCUT2D eigenvalue weighted by molar-refractivity contribution is 5.85. The van der Waals surface area contributed by atoms with Crippen molar-refractivity contribution in [3.8, 4) is 0 Å². The second-order valence-corrected chi connectivity index (χ2v) is 5.52. The van der Waals surface area contributed by atoms with Crippen LogP contribution >= 0.6 is 0 Å². The van der Waals surface area contributed by atoms with Crippen LogP contribution in [0.25, 0.3) is 0 Å². The second kappa shape index (κ2) is 6.86. The molecule has 8 nitrogen and oxygen atoms in total. The van der Waals surface area contributed by atoms with Crippen molar-refractivity contribution < 1.29 is 24.2 Å². The van der Waals surface area contributed by atoms with Gasteiger partial charge in [0.05, 0.1) is 19.7 Å².